The number of nitrogen functional groups attached to an aromatic ring is 1. The number of hydrogen-bond acceptors (Lipinski definition) is 4. The maximum Gasteiger partial charge on any atom is 0.417 e. The maximum absolute atomic E-state index is 13.3. The molecule has 0 aliphatic carbocycles. The van der Waals surface area contributed by atoms with Gasteiger partial charge in [-0.05, 0) is 29.8 Å². The van der Waals surface area contributed by atoms with E-state index in [1.165, 1.54) is 30.5 Å². The standard InChI is InChI=1S/C20H13Cl2F3N2O2/c21-16-6-3-7-17(22)14(16)10-29-19(28)13-8-11(9-27-18(13)26)12-4-1-2-5-15(12)20(23,24)25/h1-9H,10H2,(H2,26,27). The Kier molecular flexibility index (Phi) is 6.00. The summed E-state index contributed by atoms with van der Waals surface area (Å²) in [6.45, 7) is -0.236. The third kappa shape index (κ3) is 4.63. The minimum absolute atomic E-state index is 0.0786. The third-order valence-electron chi connectivity index (χ3n) is 4.09. The number of aromatic nitrogens is 1. The minimum Gasteiger partial charge on any atom is -0.457 e. The summed E-state index contributed by atoms with van der Waals surface area (Å²) in [7, 11) is 0. The first kappa shape index (κ1) is 21.0. The second-order valence-corrected chi connectivity index (χ2v) is 6.79. The molecule has 0 bridgehead atoms. The number of carbonyl (C=O) groups is 1. The molecule has 0 unspecified atom stereocenters. The molecule has 4 nitrogen and oxygen atoms in total. The molecule has 1 heterocycles. The van der Waals surface area contributed by atoms with Gasteiger partial charge in [0, 0.05) is 27.4 Å². The lowest BCUT2D eigenvalue weighted by atomic mass is 9.99. The first-order valence-electron chi connectivity index (χ1n) is 8.20. The fraction of sp³-hybridized carbons (Fsp3) is 0.100. The fourth-order valence-corrected chi connectivity index (χ4v) is 3.16. The van der Waals surface area contributed by atoms with Crippen molar-refractivity contribution in [2.24, 2.45) is 0 Å². The van der Waals surface area contributed by atoms with Crippen molar-refractivity contribution >= 4 is 35.0 Å². The molecule has 1 aromatic heterocycles. The molecule has 0 aliphatic heterocycles. The number of alkyl halides is 3. The normalized spacial score (nSPS) is 11.3. The van der Waals surface area contributed by atoms with Gasteiger partial charge in [-0.2, -0.15) is 13.2 Å². The van der Waals surface area contributed by atoms with Crippen LogP contribution in [0, 0.1) is 0 Å². The van der Waals surface area contributed by atoms with E-state index in [9.17, 15) is 18.0 Å². The Labute approximate surface area is 174 Å². The van der Waals surface area contributed by atoms with Gasteiger partial charge < -0.3 is 10.5 Å². The Morgan fingerprint density at radius 3 is 2.38 bits per heavy atom. The number of halogens is 5. The van der Waals surface area contributed by atoms with Crippen LogP contribution in [0.15, 0.2) is 54.7 Å². The van der Waals surface area contributed by atoms with Gasteiger partial charge in [-0.1, -0.05) is 47.5 Å². The van der Waals surface area contributed by atoms with Crippen molar-refractivity contribution in [3.05, 3.63) is 81.5 Å². The molecule has 150 valence electrons. The second-order valence-electron chi connectivity index (χ2n) is 5.98. The van der Waals surface area contributed by atoms with Crippen molar-refractivity contribution in [2.45, 2.75) is 12.8 Å². The van der Waals surface area contributed by atoms with E-state index in [2.05, 4.69) is 4.98 Å². The summed E-state index contributed by atoms with van der Waals surface area (Å²) in [6.07, 6.45) is -3.40. The molecule has 0 aliphatic rings. The number of rotatable bonds is 4. The van der Waals surface area contributed by atoms with Crippen molar-refractivity contribution < 1.29 is 22.7 Å². The van der Waals surface area contributed by atoms with Crippen LogP contribution in [0.2, 0.25) is 10.0 Å². The molecule has 0 saturated carbocycles. The van der Waals surface area contributed by atoms with Crippen LogP contribution in [0.3, 0.4) is 0 Å². The van der Waals surface area contributed by atoms with E-state index in [-0.39, 0.29) is 29.1 Å². The van der Waals surface area contributed by atoms with Crippen molar-refractivity contribution in [3.63, 3.8) is 0 Å². The van der Waals surface area contributed by atoms with Gasteiger partial charge in [0.05, 0.1) is 5.56 Å². The minimum atomic E-state index is -4.57. The number of esters is 1. The predicted octanol–water partition coefficient (Wildman–Crippen LogP) is 6.01. The zero-order valence-electron chi connectivity index (χ0n) is 14.6. The summed E-state index contributed by atoms with van der Waals surface area (Å²) in [5, 5.41) is 0.619. The Balaban J connectivity index is 1.91. The number of nitrogens with two attached hydrogens (primary N) is 1. The molecule has 9 heteroatoms. The molecule has 0 radical (unpaired) electrons. The first-order valence-corrected chi connectivity index (χ1v) is 8.96. The van der Waals surface area contributed by atoms with Crippen LogP contribution < -0.4 is 5.73 Å². The molecule has 0 saturated heterocycles. The van der Waals surface area contributed by atoms with Crippen LogP contribution in [0.25, 0.3) is 11.1 Å². The monoisotopic (exact) mass is 440 g/mol. The average molecular weight is 441 g/mol. The van der Waals surface area contributed by atoms with Crippen LogP contribution in [0.1, 0.15) is 21.5 Å². The van der Waals surface area contributed by atoms with E-state index in [1.807, 2.05) is 0 Å². The zero-order valence-corrected chi connectivity index (χ0v) is 16.1. The summed E-state index contributed by atoms with van der Waals surface area (Å²) in [5.74, 6) is -1.04. The molecule has 2 aromatic carbocycles. The quantitative estimate of drug-likeness (QED) is 0.504. The van der Waals surface area contributed by atoms with Gasteiger partial charge in [0.2, 0.25) is 0 Å². The molecule has 3 rings (SSSR count). The Morgan fingerprint density at radius 1 is 1.07 bits per heavy atom. The van der Waals surface area contributed by atoms with Gasteiger partial charge in [0.25, 0.3) is 0 Å². The molecule has 0 spiro atoms. The molecule has 29 heavy (non-hydrogen) atoms. The topological polar surface area (TPSA) is 65.2 Å². The summed E-state index contributed by atoms with van der Waals surface area (Å²) in [6, 6.07) is 11.0. The summed E-state index contributed by atoms with van der Waals surface area (Å²) < 4.78 is 45.1. The molecule has 0 amide bonds. The van der Waals surface area contributed by atoms with Crippen LogP contribution in [0.5, 0.6) is 0 Å². The predicted molar refractivity (Wildman–Crippen MR) is 105 cm³/mol. The highest BCUT2D eigenvalue weighted by molar-refractivity contribution is 6.35. The van der Waals surface area contributed by atoms with Crippen LogP contribution in [-0.4, -0.2) is 11.0 Å². The maximum atomic E-state index is 13.3. The van der Waals surface area contributed by atoms with Gasteiger partial charge in [0.15, 0.2) is 0 Å². The lowest BCUT2D eigenvalue weighted by molar-refractivity contribution is -0.137. The van der Waals surface area contributed by atoms with Crippen molar-refractivity contribution in [3.8, 4) is 11.1 Å². The number of carbonyl (C=O) groups excluding carboxylic acids is 1. The Hall–Kier alpha value is -2.77. The van der Waals surface area contributed by atoms with E-state index in [4.69, 9.17) is 33.7 Å². The first-order chi connectivity index (χ1) is 13.7. The van der Waals surface area contributed by atoms with Crippen molar-refractivity contribution in [1.82, 2.24) is 4.98 Å². The zero-order chi connectivity index (χ0) is 21.2. The number of anilines is 1. The highest BCUT2D eigenvalue weighted by Gasteiger charge is 2.33. The number of benzene rings is 2. The highest BCUT2D eigenvalue weighted by atomic mass is 35.5. The smallest absolute Gasteiger partial charge is 0.417 e. The number of hydrogen-bond donors (Lipinski definition) is 1. The van der Waals surface area contributed by atoms with Gasteiger partial charge in [-0.15, -0.1) is 0 Å². The van der Waals surface area contributed by atoms with Gasteiger partial charge in [-0.25, -0.2) is 9.78 Å². The highest BCUT2D eigenvalue weighted by Crippen LogP contribution is 2.37. The Bertz CT molecular complexity index is 1050. The molecular formula is C20H13Cl2F3N2O2. The Morgan fingerprint density at radius 2 is 1.72 bits per heavy atom. The van der Waals surface area contributed by atoms with Crippen LogP contribution >= 0.6 is 23.2 Å². The lowest BCUT2D eigenvalue weighted by Gasteiger charge is -2.14. The third-order valence-corrected chi connectivity index (χ3v) is 4.80. The summed E-state index contributed by atoms with van der Waals surface area (Å²) in [5.41, 5.74) is 5.06. The van der Waals surface area contributed by atoms with E-state index in [1.54, 1.807) is 18.2 Å². The van der Waals surface area contributed by atoms with Gasteiger partial charge in [-0.3, -0.25) is 0 Å². The lowest BCUT2D eigenvalue weighted by Crippen LogP contribution is -2.11. The van der Waals surface area contributed by atoms with Crippen molar-refractivity contribution in [1.29, 1.82) is 0 Å². The van der Waals surface area contributed by atoms with Gasteiger partial charge >= 0.3 is 12.1 Å². The van der Waals surface area contributed by atoms with Crippen LogP contribution in [0.4, 0.5) is 19.0 Å². The average Bonchev–Trinajstić information content (AvgIpc) is 2.67. The van der Waals surface area contributed by atoms with E-state index >= 15 is 0 Å². The second kappa shape index (κ2) is 8.31. The molecule has 0 fully saturated rings. The SMILES string of the molecule is Nc1ncc(-c2ccccc2C(F)(F)F)cc1C(=O)OCc1c(Cl)cccc1Cl. The number of ether oxygens (including phenoxy) is 1. The van der Waals surface area contributed by atoms with E-state index < -0.39 is 17.7 Å². The number of pyridine rings is 1. The van der Waals surface area contributed by atoms with E-state index in [0.29, 0.717) is 15.6 Å². The van der Waals surface area contributed by atoms with Crippen LogP contribution in [-0.2, 0) is 17.5 Å². The molecule has 2 N–H and O–H groups in total. The number of nitrogens with zero attached hydrogens (tertiary/aromatic N) is 1. The molecule has 0 atom stereocenters. The van der Waals surface area contributed by atoms with Gasteiger partial charge in [0.1, 0.15) is 18.0 Å². The summed E-state index contributed by atoms with van der Waals surface area (Å²) in [4.78, 5) is 16.3. The molecule has 3 aromatic rings. The molecular weight excluding hydrogens is 428 g/mol. The van der Waals surface area contributed by atoms with E-state index in [0.717, 1.165) is 6.07 Å². The largest absolute Gasteiger partial charge is 0.457 e. The van der Waals surface area contributed by atoms with Crippen molar-refractivity contribution in [2.75, 3.05) is 5.73 Å². The summed E-state index contributed by atoms with van der Waals surface area (Å²) >= 11 is 12.1. The fourth-order valence-electron chi connectivity index (χ4n) is 2.65.